The van der Waals surface area contributed by atoms with Crippen LogP contribution in [0.1, 0.15) is 6.92 Å². The smallest absolute Gasteiger partial charge is 0.123 e. The first-order chi connectivity index (χ1) is 13.1. The standard InChI is InChI=1S/C20H16FN3OS2.H2O/c1-2-27(25)24-16-9-5-14(6-10-16)19-20-17(22-12-23-19)11-18(26-20)13-3-7-15(21)8-4-13;/h3-12,24H,2H2,1H3;1H2. The Kier molecular flexibility index (Phi) is 6.13. The fourth-order valence-electron chi connectivity index (χ4n) is 2.72. The average Bonchev–Trinajstić information content (AvgIpc) is 3.13. The van der Waals surface area contributed by atoms with Gasteiger partial charge in [0, 0.05) is 21.9 Å². The van der Waals surface area contributed by atoms with E-state index in [1.54, 1.807) is 29.8 Å². The molecule has 2 aromatic heterocycles. The maximum Gasteiger partial charge on any atom is 0.123 e. The summed E-state index contributed by atoms with van der Waals surface area (Å²) in [4.78, 5) is 9.85. The average molecular weight is 416 g/mol. The summed E-state index contributed by atoms with van der Waals surface area (Å²) in [5.74, 6) is 0.299. The normalized spacial score (nSPS) is 11.8. The van der Waals surface area contributed by atoms with Crippen molar-refractivity contribution in [1.82, 2.24) is 9.97 Å². The lowest BCUT2D eigenvalue weighted by Crippen LogP contribution is -2.05. The van der Waals surface area contributed by atoms with Gasteiger partial charge in [-0.2, -0.15) is 0 Å². The highest BCUT2D eigenvalue weighted by Crippen LogP contribution is 2.37. The van der Waals surface area contributed by atoms with Crippen molar-refractivity contribution in [2.45, 2.75) is 6.92 Å². The molecule has 5 nitrogen and oxygen atoms in total. The molecule has 1 atom stereocenters. The lowest BCUT2D eigenvalue weighted by molar-refractivity contribution is 0.628. The molecule has 3 N–H and O–H groups in total. The van der Waals surface area contributed by atoms with Crippen molar-refractivity contribution in [3.05, 3.63) is 66.7 Å². The third kappa shape index (κ3) is 4.09. The Bertz CT molecular complexity index is 1110. The van der Waals surface area contributed by atoms with E-state index in [0.717, 1.165) is 37.6 Å². The molecule has 8 heteroatoms. The monoisotopic (exact) mass is 415 g/mol. The first-order valence-corrected chi connectivity index (χ1v) is 10.5. The molecular weight excluding hydrogens is 397 g/mol. The number of fused-ring (bicyclic) bond motifs is 1. The second-order valence-corrected chi connectivity index (χ2v) is 8.39. The van der Waals surface area contributed by atoms with E-state index < -0.39 is 11.0 Å². The molecule has 0 spiro atoms. The third-order valence-corrected chi connectivity index (χ3v) is 6.26. The number of nitrogens with zero attached hydrogens (tertiary/aromatic N) is 2. The zero-order valence-corrected chi connectivity index (χ0v) is 16.6. The molecule has 0 saturated heterocycles. The van der Waals surface area contributed by atoms with Crippen LogP contribution in [0.5, 0.6) is 0 Å². The Hall–Kier alpha value is -2.68. The number of nitrogens with one attached hydrogen (secondary N) is 1. The molecule has 2 heterocycles. The molecule has 4 rings (SSSR count). The van der Waals surface area contributed by atoms with E-state index in [0.29, 0.717) is 5.75 Å². The minimum absolute atomic E-state index is 0. The summed E-state index contributed by atoms with van der Waals surface area (Å²) in [5.41, 5.74) is 4.43. The first kappa shape index (κ1) is 20.1. The highest BCUT2D eigenvalue weighted by Gasteiger charge is 2.12. The maximum atomic E-state index is 13.2. The van der Waals surface area contributed by atoms with Gasteiger partial charge in [-0.1, -0.05) is 31.2 Å². The molecule has 0 aliphatic rings. The van der Waals surface area contributed by atoms with Gasteiger partial charge in [-0.25, -0.2) is 18.6 Å². The van der Waals surface area contributed by atoms with E-state index in [4.69, 9.17) is 0 Å². The third-order valence-electron chi connectivity index (χ3n) is 4.09. The zero-order valence-electron chi connectivity index (χ0n) is 15.0. The van der Waals surface area contributed by atoms with Gasteiger partial charge in [0.1, 0.15) is 23.1 Å². The molecule has 0 aliphatic carbocycles. The molecule has 28 heavy (non-hydrogen) atoms. The number of halogens is 1. The Morgan fingerprint density at radius 1 is 1.04 bits per heavy atom. The van der Waals surface area contributed by atoms with Crippen LogP contribution < -0.4 is 4.72 Å². The van der Waals surface area contributed by atoms with Crippen LogP contribution in [0.15, 0.2) is 60.9 Å². The Morgan fingerprint density at radius 3 is 2.39 bits per heavy atom. The Morgan fingerprint density at radius 2 is 1.71 bits per heavy atom. The van der Waals surface area contributed by atoms with Crippen molar-refractivity contribution >= 4 is 38.2 Å². The largest absolute Gasteiger partial charge is 0.412 e. The molecule has 0 bridgehead atoms. The highest BCUT2D eigenvalue weighted by atomic mass is 32.2. The van der Waals surface area contributed by atoms with Crippen molar-refractivity contribution in [1.29, 1.82) is 0 Å². The van der Waals surface area contributed by atoms with E-state index in [9.17, 15) is 8.60 Å². The summed E-state index contributed by atoms with van der Waals surface area (Å²) >= 11 is 1.58. The number of hydrogen-bond donors (Lipinski definition) is 1. The van der Waals surface area contributed by atoms with Crippen molar-refractivity contribution < 1.29 is 14.1 Å². The van der Waals surface area contributed by atoms with Crippen LogP contribution in [-0.2, 0) is 11.0 Å². The molecule has 4 aromatic rings. The second-order valence-electron chi connectivity index (χ2n) is 5.87. The van der Waals surface area contributed by atoms with E-state index in [2.05, 4.69) is 14.7 Å². The number of benzene rings is 2. The summed E-state index contributed by atoms with van der Waals surface area (Å²) in [6.07, 6.45) is 1.55. The van der Waals surface area contributed by atoms with Crippen LogP contribution >= 0.6 is 11.3 Å². The second kappa shape index (κ2) is 8.55. The van der Waals surface area contributed by atoms with Gasteiger partial charge < -0.3 is 10.2 Å². The summed E-state index contributed by atoms with van der Waals surface area (Å²) in [5, 5.41) is 0. The topological polar surface area (TPSA) is 86.4 Å². The fourth-order valence-corrected chi connectivity index (χ4v) is 4.39. The van der Waals surface area contributed by atoms with Crippen molar-refractivity contribution in [3.63, 3.8) is 0 Å². The van der Waals surface area contributed by atoms with Gasteiger partial charge in [0.15, 0.2) is 0 Å². The highest BCUT2D eigenvalue weighted by molar-refractivity contribution is 7.86. The summed E-state index contributed by atoms with van der Waals surface area (Å²) in [6, 6.07) is 16.1. The van der Waals surface area contributed by atoms with Crippen LogP contribution in [0.25, 0.3) is 31.9 Å². The maximum absolute atomic E-state index is 13.2. The lowest BCUT2D eigenvalue weighted by Gasteiger charge is -2.06. The molecule has 0 fully saturated rings. The molecule has 0 amide bonds. The van der Waals surface area contributed by atoms with Crippen molar-refractivity contribution in [2.75, 3.05) is 10.5 Å². The molecule has 2 aromatic carbocycles. The van der Waals surface area contributed by atoms with E-state index in [1.165, 1.54) is 12.1 Å². The Balaban J connectivity index is 0.00000225. The fraction of sp³-hybridized carbons (Fsp3) is 0.100. The number of aromatic nitrogens is 2. The molecule has 0 saturated carbocycles. The summed E-state index contributed by atoms with van der Waals surface area (Å²) in [6.45, 7) is 1.87. The molecule has 144 valence electrons. The van der Waals surface area contributed by atoms with Gasteiger partial charge in [-0.05, 0) is 35.9 Å². The number of rotatable bonds is 5. The van der Waals surface area contributed by atoms with Gasteiger partial charge in [-0.3, -0.25) is 0 Å². The number of anilines is 1. The van der Waals surface area contributed by atoms with Crippen LogP contribution in [0.4, 0.5) is 10.1 Å². The van der Waals surface area contributed by atoms with Crippen LogP contribution in [0, 0.1) is 5.82 Å². The van der Waals surface area contributed by atoms with Crippen LogP contribution in [0.2, 0.25) is 0 Å². The SMILES string of the molecule is CCS(=O)Nc1ccc(-c2ncnc3cc(-c4ccc(F)cc4)sc23)cc1.O. The zero-order chi connectivity index (χ0) is 18.8. The van der Waals surface area contributed by atoms with Gasteiger partial charge >= 0.3 is 0 Å². The molecule has 0 aliphatic heterocycles. The van der Waals surface area contributed by atoms with Gasteiger partial charge in [0.2, 0.25) is 0 Å². The van der Waals surface area contributed by atoms with Crippen LogP contribution in [-0.4, -0.2) is 25.4 Å². The van der Waals surface area contributed by atoms with Crippen molar-refractivity contribution in [2.24, 2.45) is 0 Å². The predicted molar refractivity (Wildman–Crippen MR) is 114 cm³/mol. The molecule has 1 unspecified atom stereocenters. The van der Waals surface area contributed by atoms with E-state index >= 15 is 0 Å². The molecular formula is C20H18FN3O2S2. The summed E-state index contributed by atoms with van der Waals surface area (Å²) in [7, 11) is -1.07. The van der Waals surface area contributed by atoms with Gasteiger partial charge in [-0.15, -0.1) is 11.3 Å². The lowest BCUT2D eigenvalue weighted by atomic mass is 10.1. The Labute approximate surface area is 168 Å². The van der Waals surface area contributed by atoms with Gasteiger partial charge in [0.05, 0.1) is 15.9 Å². The van der Waals surface area contributed by atoms with Crippen LogP contribution in [0.3, 0.4) is 0 Å². The summed E-state index contributed by atoms with van der Waals surface area (Å²) < 4.78 is 28.7. The predicted octanol–water partition coefficient (Wildman–Crippen LogP) is 4.44. The van der Waals surface area contributed by atoms with Gasteiger partial charge in [0.25, 0.3) is 0 Å². The molecule has 0 radical (unpaired) electrons. The number of hydrogen-bond acceptors (Lipinski definition) is 4. The first-order valence-electron chi connectivity index (χ1n) is 8.40. The minimum Gasteiger partial charge on any atom is -0.412 e. The quantitative estimate of drug-likeness (QED) is 0.523. The minimum atomic E-state index is -1.07. The van der Waals surface area contributed by atoms with Crippen molar-refractivity contribution in [3.8, 4) is 21.7 Å². The van der Waals surface area contributed by atoms with E-state index in [1.807, 2.05) is 37.3 Å². The van der Waals surface area contributed by atoms with E-state index in [-0.39, 0.29) is 11.3 Å². The number of thiophene rings is 1.